The van der Waals surface area contributed by atoms with E-state index >= 15 is 0 Å². The second-order valence-electron chi connectivity index (χ2n) is 8.70. The third-order valence-electron chi connectivity index (χ3n) is 5.76. The first kappa shape index (κ1) is 24.3. The van der Waals surface area contributed by atoms with Gasteiger partial charge in [0.15, 0.2) is 17.4 Å². The van der Waals surface area contributed by atoms with E-state index in [4.69, 9.17) is 15.2 Å². The second-order valence-corrected chi connectivity index (χ2v) is 8.70. The lowest BCUT2D eigenvalue weighted by molar-refractivity contribution is -0.0264. The smallest absolute Gasteiger partial charge is 0.327 e. The predicted molar refractivity (Wildman–Crippen MR) is 129 cm³/mol. The van der Waals surface area contributed by atoms with Crippen LogP contribution in [0.3, 0.4) is 0 Å². The first-order chi connectivity index (χ1) is 16.6. The van der Waals surface area contributed by atoms with E-state index in [1.54, 1.807) is 32.4 Å². The summed E-state index contributed by atoms with van der Waals surface area (Å²) in [6.45, 7) is 6.54. The molecular formula is C24H28FN7O3. The summed E-state index contributed by atoms with van der Waals surface area (Å²) in [6, 6.07) is 7.25. The maximum absolute atomic E-state index is 14.8. The Hall–Kier alpha value is -3.86. The number of halogens is 1. The molecule has 35 heavy (non-hydrogen) atoms. The number of ether oxygens (including phenoxy) is 2. The fourth-order valence-corrected chi connectivity index (χ4v) is 3.74. The average Bonchev–Trinajstić information content (AvgIpc) is 2.82. The quantitative estimate of drug-likeness (QED) is 0.586. The lowest BCUT2D eigenvalue weighted by Crippen LogP contribution is -2.52. The number of aromatic nitrogens is 4. The number of carbonyl (C=O) groups is 1. The zero-order chi connectivity index (χ0) is 25.3. The van der Waals surface area contributed by atoms with Gasteiger partial charge >= 0.3 is 6.01 Å². The van der Waals surface area contributed by atoms with Crippen LogP contribution in [0.15, 0.2) is 36.5 Å². The Balaban J connectivity index is 1.73. The van der Waals surface area contributed by atoms with Gasteiger partial charge in [0, 0.05) is 38.0 Å². The fourth-order valence-electron chi connectivity index (χ4n) is 3.74. The number of amides is 1. The zero-order valence-electron chi connectivity index (χ0n) is 20.3. The second kappa shape index (κ2) is 9.79. The molecule has 2 N–H and O–H groups in total. The van der Waals surface area contributed by atoms with E-state index in [9.17, 15) is 9.18 Å². The van der Waals surface area contributed by atoms with Gasteiger partial charge < -0.3 is 25.0 Å². The van der Waals surface area contributed by atoms with Gasteiger partial charge in [-0.1, -0.05) is 0 Å². The Bertz CT molecular complexity index is 1220. The lowest BCUT2D eigenvalue weighted by atomic mass is 10.1. The van der Waals surface area contributed by atoms with Crippen LogP contribution in [-0.4, -0.2) is 69.6 Å². The van der Waals surface area contributed by atoms with Gasteiger partial charge in [-0.15, -0.1) is 0 Å². The van der Waals surface area contributed by atoms with Crippen LogP contribution >= 0.6 is 0 Å². The van der Waals surface area contributed by atoms with Crippen molar-refractivity contribution in [3.05, 3.63) is 47.9 Å². The van der Waals surface area contributed by atoms with Gasteiger partial charge in [0.05, 0.1) is 18.2 Å². The lowest BCUT2D eigenvalue weighted by Gasteiger charge is -2.41. The van der Waals surface area contributed by atoms with Gasteiger partial charge in [-0.25, -0.2) is 9.37 Å². The summed E-state index contributed by atoms with van der Waals surface area (Å²) in [5.41, 5.74) is 6.52. The van der Waals surface area contributed by atoms with E-state index in [1.165, 1.54) is 17.0 Å². The van der Waals surface area contributed by atoms with Crippen LogP contribution in [0.2, 0.25) is 0 Å². The number of nitrogens with two attached hydrogens (primary N) is 1. The third kappa shape index (κ3) is 5.29. The Morgan fingerprint density at radius 2 is 1.94 bits per heavy atom. The molecule has 11 heteroatoms. The summed E-state index contributed by atoms with van der Waals surface area (Å²) < 4.78 is 26.5. The van der Waals surface area contributed by atoms with Crippen LogP contribution in [-0.2, 0) is 4.74 Å². The van der Waals surface area contributed by atoms with Crippen molar-refractivity contribution >= 4 is 17.7 Å². The monoisotopic (exact) mass is 481 g/mol. The maximum Gasteiger partial charge on any atom is 0.327 e. The number of hydrogen-bond donors (Lipinski definition) is 1. The first-order valence-electron chi connectivity index (χ1n) is 11.2. The van der Waals surface area contributed by atoms with Crippen molar-refractivity contribution in [2.24, 2.45) is 0 Å². The molecule has 3 unspecified atom stereocenters. The normalized spacial score (nSPS) is 19.9. The number of benzene rings is 1. The Morgan fingerprint density at radius 1 is 1.17 bits per heavy atom. The summed E-state index contributed by atoms with van der Waals surface area (Å²) in [7, 11) is 3.19. The van der Waals surface area contributed by atoms with Crippen molar-refractivity contribution in [2.75, 3.05) is 31.3 Å². The molecule has 184 valence electrons. The van der Waals surface area contributed by atoms with Crippen LogP contribution in [0.1, 0.15) is 31.1 Å². The average molecular weight is 482 g/mol. The van der Waals surface area contributed by atoms with Gasteiger partial charge in [0.2, 0.25) is 5.95 Å². The summed E-state index contributed by atoms with van der Waals surface area (Å²) in [5.74, 6) is -0.112. The molecule has 1 aliphatic rings. The highest BCUT2D eigenvalue weighted by Crippen LogP contribution is 2.29. The highest BCUT2D eigenvalue weighted by atomic mass is 19.1. The molecule has 1 aromatic carbocycles. The highest BCUT2D eigenvalue weighted by Gasteiger charge is 2.32. The molecule has 0 aliphatic carbocycles. The molecular weight excluding hydrogens is 453 g/mol. The topological polar surface area (TPSA) is 120 Å². The molecule has 0 radical (unpaired) electrons. The van der Waals surface area contributed by atoms with Crippen molar-refractivity contribution in [1.29, 1.82) is 0 Å². The van der Waals surface area contributed by atoms with E-state index in [1.807, 2.05) is 25.7 Å². The molecule has 0 spiro atoms. The Labute approximate surface area is 202 Å². The Kier molecular flexibility index (Phi) is 6.79. The van der Waals surface area contributed by atoms with Gasteiger partial charge in [-0.05, 0) is 51.1 Å². The zero-order valence-corrected chi connectivity index (χ0v) is 20.3. The number of anilines is 2. The van der Waals surface area contributed by atoms with Crippen LogP contribution in [0.4, 0.5) is 16.2 Å². The standard InChI is InChI=1S/C24H28FN7O3/c1-13-12-32(14(2)15(3)34-13)23-28-21(17-7-9-20(26)27-11-17)29-24(30-23)35-19-8-6-16(10-18(19)25)22(33)31(4)5/h6-11,13-15H,12H2,1-5H3,(H2,26,27). The summed E-state index contributed by atoms with van der Waals surface area (Å²) in [5, 5.41) is 0. The molecule has 0 bridgehead atoms. The van der Waals surface area contributed by atoms with Crippen molar-refractivity contribution in [3.63, 3.8) is 0 Å². The number of hydrogen-bond acceptors (Lipinski definition) is 9. The minimum Gasteiger partial charge on any atom is -0.421 e. The SMILES string of the molecule is CC1CN(c2nc(Oc3ccc(C(=O)N(C)C)cc3F)nc(-c3ccc(N)nc3)n2)C(C)C(C)O1. The number of rotatable bonds is 5. The van der Waals surface area contributed by atoms with E-state index in [2.05, 4.69) is 19.9 Å². The van der Waals surface area contributed by atoms with E-state index in [-0.39, 0.29) is 41.5 Å². The summed E-state index contributed by atoms with van der Waals surface area (Å²) >= 11 is 0. The third-order valence-corrected chi connectivity index (χ3v) is 5.76. The predicted octanol–water partition coefficient (Wildman–Crippen LogP) is 3.15. The maximum atomic E-state index is 14.8. The summed E-state index contributed by atoms with van der Waals surface area (Å²) in [4.78, 5) is 33.1. The van der Waals surface area contributed by atoms with Gasteiger partial charge in [0.25, 0.3) is 5.91 Å². The molecule has 10 nitrogen and oxygen atoms in total. The van der Waals surface area contributed by atoms with Crippen LogP contribution < -0.4 is 15.4 Å². The molecule has 0 saturated carbocycles. The van der Waals surface area contributed by atoms with E-state index < -0.39 is 5.82 Å². The molecule has 3 heterocycles. The highest BCUT2D eigenvalue weighted by molar-refractivity contribution is 5.94. The van der Waals surface area contributed by atoms with Crippen LogP contribution in [0.25, 0.3) is 11.4 Å². The van der Waals surface area contributed by atoms with Crippen molar-refractivity contribution in [2.45, 2.75) is 39.0 Å². The number of pyridine rings is 1. The largest absolute Gasteiger partial charge is 0.421 e. The number of carbonyl (C=O) groups excluding carboxylic acids is 1. The number of nitrogens with zero attached hydrogens (tertiary/aromatic N) is 6. The Morgan fingerprint density at radius 3 is 2.60 bits per heavy atom. The van der Waals surface area contributed by atoms with Crippen molar-refractivity contribution in [3.8, 4) is 23.1 Å². The molecule has 1 aliphatic heterocycles. The number of morpholine rings is 1. The molecule has 1 saturated heterocycles. The molecule has 3 atom stereocenters. The van der Waals surface area contributed by atoms with Gasteiger partial charge in [-0.3, -0.25) is 4.79 Å². The minimum absolute atomic E-state index is 0.0214. The van der Waals surface area contributed by atoms with Gasteiger partial charge in [-0.2, -0.15) is 15.0 Å². The van der Waals surface area contributed by atoms with Crippen LogP contribution in [0, 0.1) is 5.82 Å². The van der Waals surface area contributed by atoms with Crippen molar-refractivity contribution in [1.82, 2.24) is 24.8 Å². The molecule has 1 fully saturated rings. The van der Waals surface area contributed by atoms with E-state index in [0.717, 1.165) is 6.07 Å². The molecule has 1 amide bonds. The minimum atomic E-state index is -0.711. The molecule has 4 rings (SSSR count). The van der Waals surface area contributed by atoms with Crippen molar-refractivity contribution < 1.29 is 18.7 Å². The van der Waals surface area contributed by atoms with E-state index in [0.29, 0.717) is 29.7 Å². The molecule has 2 aromatic heterocycles. The fraction of sp³-hybridized carbons (Fsp3) is 0.375. The summed E-state index contributed by atoms with van der Waals surface area (Å²) in [6.07, 6.45) is 1.46. The number of nitrogen functional groups attached to an aromatic ring is 1. The van der Waals surface area contributed by atoms with Gasteiger partial charge in [0.1, 0.15) is 5.82 Å². The first-order valence-corrected chi connectivity index (χ1v) is 11.2. The van der Waals surface area contributed by atoms with Crippen LogP contribution in [0.5, 0.6) is 11.8 Å². The molecule has 3 aromatic rings.